The normalized spacial score (nSPS) is 10.7. The summed E-state index contributed by atoms with van der Waals surface area (Å²) in [6.45, 7) is 1.93. The fourth-order valence-corrected chi connectivity index (χ4v) is 3.10. The summed E-state index contributed by atoms with van der Waals surface area (Å²) in [5.74, 6) is 0.0523. The minimum atomic E-state index is -0.385. The zero-order valence-corrected chi connectivity index (χ0v) is 16.6. The number of carbonyl (C=O) groups is 1. The number of aryl methyl sites for hydroxylation is 1. The van der Waals surface area contributed by atoms with Gasteiger partial charge in [0.25, 0.3) is 11.5 Å². The molecule has 0 aliphatic carbocycles. The second-order valence-electron chi connectivity index (χ2n) is 6.39. The Morgan fingerprint density at radius 3 is 2.83 bits per heavy atom. The van der Waals surface area contributed by atoms with Crippen LogP contribution in [0, 0.1) is 0 Å². The van der Waals surface area contributed by atoms with Gasteiger partial charge in [0, 0.05) is 28.0 Å². The maximum Gasteiger partial charge on any atom is 0.257 e. The molecule has 0 aliphatic heterocycles. The molecule has 0 atom stereocenters. The molecule has 0 aliphatic rings. The molecule has 150 valence electrons. The average Bonchev–Trinajstić information content (AvgIpc) is 3.28. The van der Waals surface area contributed by atoms with Crippen molar-refractivity contribution in [1.82, 2.24) is 30.2 Å². The number of hydrogen-bond donors (Lipinski definition) is 2. The van der Waals surface area contributed by atoms with Crippen LogP contribution in [0.1, 0.15) is 23.0 Å². The first-order valence-corrected chi connectivity index (χ1v) is 9.46. The molecule has 0 spiro atoms. The summed E-state index contributed by atoms with van der Waals surface area (Å²) in [4.78, 5) is 32.0. The van der Waals surface area contributed by atoms with E-state index in [-0.39, 0.29) is 11.5 Å². The lowest BCUT2D eigenvalue weighted by atomic mass is 10.1. The Morgan fingerprint density at radius 1 is 1.20 bits per heavy atom. The molecule has 4 rings (SSSR count). The van der Waals surface area contributed by atoms with Gasteiger partial charge in [-0.05, 0) is 47.2 Å². The van der Waals surface area contributed by atoms with Gasteiger partial charge in [0.15, 0.2) is 0 Å². The van der Waals surface area contributed by atoms with Crippen LogP contribution in [0.4, 0.5) is 5.69 Å². The number of aromatic nitrogens is 6. The monoisotopic (exact) mass is 421 g/mol. The van der Waals surface area contributed by atoms with Crippen molar-refractivity contribution in [3.63, 3.8) is 0 Å². The van der Waals surface area contributed by atoms with Gasteiger partial charge in [-0.25, -0.2) is 4.98 Å². The maximum absolute atomic E-state index is 13.0. The summed E-state index contributed by atoms with van der Waals surface area (Å²) in [7, 11) is 0. The van der Waals surface area contributed by atoms with Crippen molar-refractivity contribution in [2.45, 2.75) is 13.3 Å². The van der Waals surface area contributed by atoms with Crippen LogP contribution in [-0.2, 0) is 6.42 Å². The first-order chi connectivity index (χ1) is 14.5. The van der Waals surface area contributed by atoms with Crippen LogP contribution < -0.4 is 10.9 Å². The lowest BCUT2D eigenvalue weighted by Gasteiger charge is -2.11. The van der Waals surface area contributed by atoms with Crippen molar-refractivity contribution >= 4 is 23.2 Å². The molecule has 0 radical (unpaired) electrons. The van der Waals surface area contributed by atoms with Gasteiger partial charge in [-0.3, -0.25) is 9.59 Å². The second-order valence-corrected chi connectivity index (χ2v) is 6.83. The summed E-state index contributed by atoms with van der Waals surface area (Å²) in [5.41, 5.74) is 2.46. The second kappa shape index (κ2) is 8.26. The number of anilines is 1. The molecular weight excluding hydrogens is 406 g/mol. The number of rotatable bonds is 5. The van der Waals surface area contributed by atoms with Crippen molar-refractivity contribution < 1.29 is 4.79 Å². The van der Waals surface area contributed by atoms with Crippen LogP contribution in [0.25, 0.3) is 17.1 Å². The van der Waals surface area contributed by atoms with Crippen LogP contribution in [0.2, 0.25) is 5.02 Å². The van der Waals surface area contributed by atoms with E-state index in [4.69, 9.17) is 11.6 Å². The summed E-state index contributed by atoms with van der Waals surface area (Å²) < 4.78 is 1.38. The van der Waals surface area contributed by atoms with E-state index in [2.05, 4.69) is 30.8 Å². The molecule has 0 unspecified atom stereocenters. The number of nitrogens with one attached hydrogen (secondary N) is 2. The van der Waals surface area contributed by atoms with E-state index in [1.54, 1.807) is 42.5 Å². The van der Waals surface area contributed by atoms with Crippen molar-refractivity contribution in [1.29, 1.82) is 0 Å². The molecule has 0 saturated carbocycles. The molecule has 10 heteroatoms. The molecule has 1 amide bonds. The van der Waals surface area contributed by atoms with E-state index in [0.717, 1.165) is 0 Å². The standard InChI is InChI=1S/C20H16ClN7O2/c1-2-14-10-18(29)25-19(23-14)12-4-3-5-15(8-12)24-20(30)16-9-13(21)6-7-17(16)28-11-22-26-27-28/h3-11H,2H2,1H3,(H,24,30)(H,23,25,29). The van der Waals surface area contributed by atoms with Crippen LogP contribution >= 0.6 is 11.6 Å². The highest BCUT2D eigenvalue weighted by atomic mass is 35.5. The van der Waals surface area contributed by atoms with Gasteiger partial charge < -0.3 is 10.3 Å². The number of H-pyrrole nitrogens is 1. The van der Waals surface area contributed by atoms with Gasteiger partial charge in [0.1, 0.15) is 12.2 Å². The van der Waals surface area contributed by atoms with E-state index in [1.165, 1.54) is 17.1 Å². The first-order valence-electron chi connectivity index (χ1n) is 9.08. The van der Waals surface area contributed by atoms with Crippen molar-refractivity contribution in [2.75, 3.05) is 5.32 Å². The Balaban J connectivity index is 1.66. The lowest BCUT2D eigenvalue weighted by Crippen LogP contribution is -2.15. The number of carbonyl (C=O) groups excluding carboxylic acids is 1. The van der Waals surface area contributed by atoms with E-state index in [9.17, 15) is 9.59 Å². The fourth-order valence-electron chi connectivity index (χ4n) is 2.93. The molecule has 30 heavy (non-hydrogen) atoms. The van der Waals surface area contributed by atoms with Gasteiger partial charge in [0.05, 0.1) is 11.3 Å². The SMILES string of the molecule is CCc1cc(=O)[nH]c(-c2cccc(NC(=O)c3cc(Cl)ccc3-n3cnnn3)c2)n1. The molecule has 0 fully saturated rings. The van der Waals surface area contributed by atoms with Crippen molar-refractivity contribution in [2.24, 2.45) is 0 Å². The zero-order valence-electron chi connectivity index (χ0n) is 15.8. The highest BCUT2D eigenvalue weighted by Crippen LogP contribution is 2.23. The van der Waals surface area contributed by atoms with Gasteiger partial charge >= 0.3 is 0 Å². The molecule has 0 saturated heterocycles. The van der Waals surface area contributed by atoms with Crippen LogP contribution in [0.5, 0.6) is 0 Å². The molecule has 2 aromatic carbocycles. The number of benzene rings is 2. The van der Waals surface area contributed by atoms with E-state index in [0.29, 0.717) is 45.5 Å². The number of tetrazole rings is 1. The topological polar surface area (TPSA) is 118 Å². The molecular formula is C20H16ClN7O2. The molecule has 2 N–H and O–H groups in total. The highest BCUT2D eigenvalue weighted by Gasteiger charge is 2.15. The first kappa shape index (κ1) is 19.5. The number of nitrogens with zero attached hydrogens (tertiary/aromatic N) is 5. The third-order valence-corrected chi connectivity index (χ3v) is 4.58. The van der Waals surface area contributed by atoms with E-state index >= 15 is 0 Å². The number of aromatic amines is 1. The largest absolute Gasteiger partial charge is 0.322 e. The van der Waals surface area contributed by atoms with Crippen molar-refractivity contribution in [3.8, 4) is 17.1 Å². The minimum absolute atomic E-state index is 0.226. The summed E-state index contributed by atoms with van der Waals surface area (Å²) in [5, 5.41) is 14.3. The average molecular weight is 422 g/mol. The van der Waals surface area contributed by atoms with Gasteiger partial charge in [-0.2, -0.15) is 4.68 Å². The number of halogens is 1. The lowest BCUT2D eigenvalue weighted by molar-refractivity contribution is 0.102. The van der Waals surface area contributed by atoms with Gasteiger partial charge in [-0.15, -0.1) is 5.10 Å². The van der Waals surface area contributed by atoms with E-state index in [1.807, 2.05) is 6.92 Å². The third kappa shape index (κ3) is 4.11. The number of hydrogen-bond acceptors (Lipinski definition) is 6. The van der Waals surface area contributed by atoms with Gasteiger partial charge in [0.2, 0.25) is 0 Å². The predicted octanol–water partition coefficient (Wildman–Crippen LogP) is 2.88. The summed E-state index contributed by atoms with van der Waals surface area (Å²) in [6, 6.07) is 13.4. The molecule has 9 nitrogen and oxygen atoms in total. The molecule has 2 heterocycles. The molecule has 0 bridgehead atoms. The number of amides is 1. The maximum atomic E-state index is 13.0. The Labute approximate surface area is 175 Å². The van der Waals surface area contributed by atoms with Crippen molar-refractivity contribution in [3.05, 3.63) is 81.5 Å². The summed E-state index contributed by atoms with van der Waals surface area (Å²) >= 11 is 6.09. The highest BCUT2D eigenvalue weighted by molar-refractivity contribution is 6.31. The Bertz CT molecular complexity index is 1270. The Morgan fingerprint density at radius 2 is 2.07 bits per heavy atom. The van der Waals surface area contributed by atoms with E-state index < -0.39 is 0 Å². The van der Waals surface area contributed by atoms with Crippen LogP contribution in [0.3, 0.4) is 0 Å². The van der Waals surface area contributed by atoms with Crippen LogP contribution in [0.15, 0.2) is 59.7 Å². The molecule has 4 aromatic rings. The molecule has 2 aromatic heterocycles. The Hall–Kier alpha value is -3.85. The van der Waals surface area contributed by atoms with Crippen LogP contribution in [-0.4, -0.2) is 36.1 Å². The smallest absolute Gasteiger partial charge is 0.257 e. The predicted molar refractivity (Wildman–Crippen MR) is 112 cm³/mol. The zero-order chi connectivity index (χ0) is 21.1. The third-order valence-electron chi connectivity index (χ3n) is 4.35. The summed E-state index contributed by atoms with van der Waals surface area (Å²) in [6.07, 6.45) is 2.03. The Kier molecular flexibility index (Phi) is 5.36. The quantitative estimate of drug-likeness (QED) is 0.511. The minimum Gasteiger partial charge on any atom is -0.322 e. The fraction of sp³-hybridized carbons (Fsp3) is 0.100. The van der Waals surface area contributed by atoms with Gasteiger partial charge in [-0.1, -0.05) is 30.7 Å².